The number of halogens is 3. The van der Waals surface area contributed by atoms with Gasteiger partial charge in [-0.25, -0.2) is 19.9 Å². The summed E-state index contributed by atoms with van der Waals surface area (Å²) >= 11 is 0. The Hall–Kier alpha value is -3.33. The van der Waals surface area contributed by atoms with Gasteiger partial charge >= 0.3 is 6.18 Å². The van der Waals surface area contributed by atoms with Crippen LogP contribution in [0.25, 0.3) is 22.4 Å². The summed E-state index contributed by atoms with van der Waals surface area (Å²) in [5.74, 6) is 1.01. The second-order valence-corrected chi connectivity index (χ2v) is 8.93. The minimum absolute atomic E-state index is 0.241. The van der Waals surface area contributed by atoms with Crippen LogP contribution >= 0.6 is 0 Å². The molecule has 0 bridgehead atoms. The molecule has 0 spiro atoms. The summed E-state index contributed by atoms with van der Waals surface area (Å²) in [5.41, 5.74) is 1.61. The first-order valence-electron chi connectivity index (χ1n) is 10.6. The van der Waals surface area contributed by atoms with Gasteiger partial charge in [0.05, 0.1) is 17.3 Å². The second kappa shape index (κ2) is 7.34. The predicted molar refractivity (Wildman–Crippen MR) is 116 cm³/mol. The van der Waals surface area contributed by atoms with E-state index in [-0.39, 0.29) is 11.4 Å². The number of benzene rings is 1. The fourth-order valence-corrected chi connectivity index (χ4v) is 4.37. The average molecular weight is 453 g/mol. The van der Waals surface area contributed by atoms with Gasteiger partial charge in [0.15, 0.2) is 11.5 Å². The summed E-state index contributed by atoms with van der Waals surface area (Å²) in [7, 11) is 0. The van der Waals surface area contributed by atoms with Gasteiger partial charge in [-0.1, -0.05) is 17.7 Å². The van der Waals surface area contributed by atoms with Crippen molar-refractivity contribution in [2.45, 2.75) is 51.4 Å². The molecule has 6 nitrogen and oxygen atoms in total. The normalized spacial score (nSPS) is 16.4. The molecular formula is C24H22F3N5O. The molecule has 1 atom stereocenters. The van der Waals surface area contributed by atoms with Crippen LogP contribution in [0.4, 0.5) is 13.2 Å². The van der Waals surface area contributed by atoms with Crippen molar-refractivity contribution in [2.24, 2.45) is 0 Å². The lowest BCUT2D eigenvalue weighted by molar-refractivity contribution is -0.138. The van der Waals surface area contributed by atoms with Crippen molar-refractivity contribution in [3.63, 3.8) is 0 Å². The monoisotopic (exact) mass is 453 g/mol. The zero-order valence-corrected chi connectivity index (χ0v) is 18.4. The van der Waals surface area contributed by atoms with Gasteiger partial charge in [-0.3, -0.25) is 0 Å². The Balaban J connectivity index is 1.62. The molecule has 0 saturated heterocycles. The molecule has 0 unspecified atom stereocenters. The number of aryl methyl sites for hydroxylation is 2. The van der Waals surface area contributed by atoms with Crippen LogP contribution < -0.4 is 0 Å². The fourth-order valence-electron chi connectivity index (χ4n) is 4.37. The summed E-state index contributed by atoms with van der Waals surface area (Å²) in [4.78, 5) is 17.8. The summed E-state index contributed by atoms with van der Waals surface area (Å²) in [5, 5.41) is 10.1. The SMILES string of the molecule is Cc1ccc(C(F)(F)F)c([C@H]2CCc3nc4ccc(-c5cnc(C(C)(C)O)nc5)nc4n32)c1. The highest BCUT2D eigenvalue weighted by atomic mass is 19.4. The molecule has 0 saturated carbocycles. The summed E-state index contributed by atoms with van der Waals surface area (Å²) in [6.07, 6.45) is -0.184. The van der Waals surface area contributed by atoms with E-state index < -0.39 is 23.4 Å². The maximum atomic E-state index is 13.8. The Labute approximate surface area is 188 Å². The van der Waals surface area contributed by atoms with Crippen molar-refractivity contribution in [1.82, 2.24) is 24.5 Å². The van der Waals surface area contributed by atoms with E-state index in [1.807, 2.05) is 10.6 Å². The number of nitrogens with zero attached hydrogens (tertiary/aromatic N) is 5. The van der Waals surface area contributed by atoms with E-state index in [2.05, 4.69) is 15.0 Å². The van der Waals surface area contributed by atoms with Crippen LogP contribution in [0.5, 0.6) is 0 Å². The first kappa shape index (κ1) is 21.5. The van der Waals surface area contributed by atoms with E-state index in [1.54, 1.807) is 45.3 Å². The number of rotatable bonds is 3. The van der Waals surface area contributed by atoms with Gasteiger partial charge in [0, 0.05) is 24.4 Å². The van der Waals surface area contributed by atoms with Gasteiger partial charge in [-0.05, 0) is 51.0 Å². The van der Waals surface area contributed by atoms with E-state index in [9.17, 15) is 18.3 Å². The molecule has 1 N–H and O–H groups in total. The Bertz CT molecular complexity index is 1350. The van der Waals surface area contributed by atoms with Gasteiger partial charge in [0.1, 0.15) is 16.9 Å². The van der Waals surface area contributed by atoms with E-state index in [4.69, 9.17) is 4.98 Å². The molecule has 4 heterocycles. The maximum absolute atomic E-state index is 13.8. The van der Waals surface area contributed by atoms with Crippen LogP contribution in [0, 0.1) is 6.92 Å². The Morgan fingerprint density at radius 3 is 2.42 bits per heavy atom. The molecular weight excluding hydrogens is 431 g/mol. The molecule has 0 amide bonds. The predicted octanol–water partition coefficient (Wildman–Crippen LogP) is 4.98. The van der Waals surface area contributed by atoms with Crippen molar-refractivity contribution in [3.8, 4) is 11.3 Å². The molecule has 3 aromatic heterocycles. The lowest BCUT2D eigenvalue weighted by Gasteiger charge is -2.20. The van der Waals surface area contributed by atoms with Crippen molar-refractivity contribution < 1.29 is 18.3 Å². The zero-order chi connectivity index (χ0) is 23.5. The largest absolute Gasteiger partial charge is 0.416 e. The van der Waals surface area contributed by atoms with E-state index in [0.717, 1.165) is 17.5 Å². The van der Waals surface area contributed by atoms with Gasteiger partial charge < -0.3 is 9.67 Å². The number of aromatic nitrogens is 5. The van der Waals surface area contributed by atoms with E-state index in [0.29, 0.717) is 35.3 Å². The number of hydrogen-bond donors (Lipinski definition) is 1. The minimum atomic E-state index is -4.44. The van der Waals surface area contributed by atoms with E-state index >= 15 is 0 Å². The molecule has 1 aliphatic heterocycles. The zero-order valence-electron chi connectivity index (χ0n) is 18.4. The molecule has 33 heavy (non-hydrogen) atoms. The fraction of sp³-hybridized carbons (Fsp3) is 0.333. The van der Waals surface area contributed by atoms with Gasteiger partial charge in [-0.15, -0.1) is 0 Å². The molecule has 0 radical (unpaired) electrons. The first-order valence-corrected chi connectivity index (χ1v) is 10.6. The molecule has 9 heteroatoms. The van der Waals surface area contributed by atoms with Crippen molar-refractivity contribution in [3.05, 3.63) is 71.1 Å². The Morgan fingerprint density at radius 2 is 1.76 bits per heavy atom. The van der Waals surface area contributed by atoms with Crippen LogP contribution in [0.2, 0.25) is 0 Å². The van der Waals surface area contributed by atoms with E-state index in [1.165, 1.54) is 6.07 Å². The van der Waals surface area contributed by atoms with Crippen molar-refractivity contribution in [1.29, 1.82) is 0 Å². The summed E-state index contributed by atoms with van der Waals surface area (Å²) in [6.45, 7) is 4.99. The molecule has 170 valence electrons. The maximum Gasteiger partial charge on any atom is 0.416 e. The molecule has 1 aromatic carbocycles. The standard InChI is InChI=1S/C24H22F3N5O/c1-13-4-5-16(24(25,26)27)15(10-13)19-8-9-20-30-18-7-6-17(31-21(18)32(19)20)14-11-28-22(29-12-14)23(2,3)33/h4-7,10-12,19,33H,8-9H2,1-3H3/t19-/m1/s1. The molecule has 5 rings (SSSR count). The van der Waals surface area contributed by atoms with Crippen LogP contribution in [-0.4, -0.2) is 29.6 Å². The van der Waals surface area contributed by atoms with Crippen LogP contribution in [0.1, 0.15) is 54.6 Å². The van der Waals surface area contributed by atoms with Crippen LogP contribution in [0.15, 0.2) is 42.7 Å². The quantitative estimate of drug-likeness (QED) is 0.474. The average Bonchev–Trinajstić information content (AvgIpc) is 3.31. The van der Waals surface area contributed by atoms with Gasteiger partial charge in [0.2, 0.25) is 0 Å². The van der Waals surface area contributed by atoms with Crippen LogP contribution in [-0.2, 0) is 18.2 Å². The van der Waals surface area contributed by atoms with Crippen LogP contribution in [0.3, 0.4) is 0 Å². The summed E-state index contributed by atoms with van der Waals surface area (Å²) < 4.78 is 43.2. The van der Waals surface area contributed by atoms with Gasteiger partial charge in [-0.2, -0.15) is 13.2 Å². The van der Waals surface area contributed by atoms with Crippen molar-refractivity contribution >= 4 is 11.2 Å². The third kappa shape index (κ3) is 3.76. The Kier molecular flexibility index (Phi) is 4.79. The highest BCUT2D eigenvalue weighted by Gasteiger charge is 2.38. The third-order valence-electron chi connectivity index (χ3n) is 5.93. The number of aliphatic hydroxyl groups is 1. The van der Waals surface area contributed by atoms with Crippen molar-refractivity contribution in [2.75, 3.05) is 0 Å². The van der Waals surface area contributed by atoms with Gasteiger partial charge in [0.25, 0.3) is 0 Å². The second-order valence-electron chi connectivity index (χ2n) is 8.93. The first-order chi connectivity index (χ1) is 15.5. The third-order valence-corrected chi connectivity index (χ3v) is 5.93. The lowest BCUT2D eigenvalue weighted by atomic mass is 9.96. The smallest absolute Gasteiger partial charge is 0.382 e. The Morgan fingerprint density at radius 1 is 1.03 bits per heavy atom. The molecule has 0 fully saturated rings. The lowest BCUT2D eigenvalue weighted by Crippen LogP contribution is -2.19. The summed E-state index contributed by atoms with van der Waals surface area (Å²) in [6, 6.07) is 7.35. The number of fused-ring (bicyclic) bond motifs is 3. The molecule has 0 aliphatic carbocycles. The number of imidazole rings is 1. The highest BCUT2D eigenvalue weighted by molar-refractivity contribution is 5.76. The highest BCUT2D eigenvalue weighted by Crippen LogP contribution is 2.42. The molecule has 4 aromatic rings. The number of hydrogen-bond acceptors (Lipinski definition) is 5. The topological polar surface area (TPSA) is 76.7 Å². The minimum Gasteiger partial charge on any atom is -0.382 e. The molecule has 1 aliphatic rings. The number of pyridine rings is 1. The number of alkyl halides is 3.